The van der Waals surface area contributed by atoms with Crippen LogP contribution >= 0.6 is 0 Å². The lowest BCUT2D eigenvalue weighted by molar-refractivity contribution is -0.131. The molecule has 2 aromatic rings. The number of oxazole rings is 1. The predicted octanol–water partition coefficient (Wildman–Crippen LogP) is 1.61. The van der Waals surface area contributed by atoms with Gasteiger partial charge in [0.15, 0.2) is 5.76 Å². The second kappa shape index (κ2) is 5.73. The molecule has 0 radical (unpaired) electrons. The van der Waals surface area contributed by atoms with Gasteiger partial charge in [-0.05, 0) is 32.0 Å². The van der Waals surface area contributed by atoms with Crippen LogP contribution in [0.5, 0.6) is 0 Å². The first-order valence-corrected chi connectivity index (χ1v) is 7.11. The minimum Gasteiger partial charge on any atom is -0.459 e. The lowest BCUT2D eigenvalue weighted by Crippen LogP contribution is -2.39. The van der Waals surface area contributed by atoms with E-state index in [2.05, 4.69) is 10.3 Å². The Kier molecular flexibility index (Phi) is 3.79. The van der Waals surface area contributed by atoms with Gasteiger partial charge in [-0.3, -0.25) is 4.79 Å². The number of aromatic nitrogens is 1. The third kappa shape index (κ3) is 2.85. The van der Waals surface area contributed by atoms with Crippen LogP contribution in [0.25, 0.3) is 11.7 Å². The molecule has 6 heteroatoms. The number of hydrogen-bond donors (Lipinski definition) is 1. The molecule has 3 rings (SSSR count). The molecule has 1 saturated heterocycles. The minimum absolute atomic E-state index is 0.0612. The Morgan fingerprint density at radius 1 is 1.57 bits per heavy atom. The smallest absolute Gasteiger partial charge is 0.263 e. The van der Waals surface area contributed by atoms with Crippen LogP contribution in [0.2, 0.25) is 0 Å². The molecule has 3 heterocycles. The number of furan rings is 1. The molecule has 1 unspecified atom stereocenters. The molecule has 1 N–H and O–H groups in total. The van der Waals surface area contributed by atoms with Crippen LogP contribution in [-0.2, 0) is 11.2 Å². The van der Waals surface area contributed by atoms with Crippen molar-refractivity contribution in [1.29, 1.82) is 0 Å². The molecule has 1 amide bonds. The Bertz CT molecular complexity index is 612. The van der Waals surface area contributed by atoms with Crippen molar-refractivity contribution in [2.75, 3.05) is 20.1 Å². The summed E-state index contributed by atoms with van der Waals surface area (Å²) in [6, 6.07) is 3.84. The van der Waals surface area contributed by atoms with Crippen molar-refractivity contribution >= 4 is 5.91 Å². The summed E-state index contributed by atoms with van der Waals surface area (Å²) in [6.07, 6.45) is 2.82. The van der Waals surface area contributed by atoms with Gasteiger partial charge in [0, 0.05) is 19.6 Å². The fourth-order valence-electron chi connectivity index (χ4n) is 2.54. The van der Waals surface area contributed by atoms with Crippen LogP contribution in [0.3, 0.4) is 0 Å². The van der Waals surface area contributed by atoms with E-state index in [9.17, 15) is 4.79 Å². The summed E-state index contributed by atoms with van der Waals surface area (Å²) < 4.78 is 10.8. The zero-order chi connectivity index (χ0) is 14.8. The second-order valence-corrected chi connectivity index (χ2v) is 5.33. The molecule has 1 atom stereocenters. The van der Waals surface area contributed by atoms with Gasteiger partial charge in [-0.25, -0.2) is 4.98 Å². The molecule has 0 aliphatic carbocycles. The highest BCUT2D eigenvalue weighted by Gasteiger charge is 2.25. The third-order valence-electron chi connectivity index (χ3n) is 3.92. The summed E-state index contributed by atoms with van der Waals surface area (Å²) in [4.78, 5) is 18.5. The summed E-state index contributed by atoms with van der Waals surface area (Å²) in [7, 11) is 1.85. The number of nitrogens with one attached hydrogen (secondary N) is 1. The number of aryl methyl sites for hydroxylation is 1. The Morgan fingerprint density at radius 2 is 2.43 bits per heavy atom. The molecule has 112 valence electrons. The van der Waals surface area contributed by atoms with Crippen molar-refractivity contribution in [3.8, 4) is 11.7 Å². The minimum atomic E-state index is 0.0612. The number of carbonyl (C=O) groups excluding carboxylic acids is 1. The number of amides is 1. The van der Waals surface area contributed by atoms with Crippen LogP contribution in [0.4, 0.5) is 0 Å². The highest BCUT2D eigenvalue weighted by Crippen LogP contribution is 2.22. The van der Waals surface area contributed by atoms with Gasteiger partial charge in [0.05, 0.1) is 18.4 Å². The molecular weight excluding hydrogens is 270 g/mol. The summed E-state index contributed by atoms with van der Waals surface area (Å²) in [5.41, 5.74) is 0.671. The lowest BCUT2D eigenvalue weighted by atomic mass is 10.2. The molecule has 0 bridgehead atoms. The van der Waals surface area contributed by atoms with E-state index in [4.69, 9.17) is 8.83 Å². The van der Waals surface area contributed by atoms with E-state index in [0.29, 0.717) is 23.1 Å². The monoisotopic (exact) mass is 289 g/mol. The van der Waals surface area contributed by atoms with Gasteiger partial charge in [-0.1, -0.05) is 0 Å². The normalized spacial score (nSPS) is 18.1. The van der Waals surface area contributed by atoms with E-state index in [1.165, 1.54) is 0 Å². The highest BCUT2D eigenvalue weighted by atomic mass is 16.4. The fraction of sp³-hybridized carbons (Fsp3) is 0.467. The molecule has 6 nitrogen and oxygen atoms in total. The summed E-state index contributed by atoms with van der Waals surface area (Å²) in [5, 5.41) is 3.27. The van der Waals surface area contributed by atoms with Gasteiger partial charge in [-0.15, -0.1) is 0 Å². The first-order chi connectivity index (χ1) is 10.1. The lowest BCUT2D eigenvalue weighted by Gasteiger charge is -2.23. The highest BCUT2D eigenvalue weighted by molar-refractivity contribution is 5.78. The third-order valence-corrected chi connectivity index (χ3v) is 3.92. The van der Waals surface area contributed by atoms with Crippen LogP contribution in [0.1, 0.15) is 17.9 Å². The van der Waals surface area contributed by atoms with Crippen LogP contribution in [-0.4, -0.2) is 42.0 Å². The second-order valence-electron chi connectivity index (χ2n) is 5.33. The Morgan fingerprint density at radius 3 is 3.10 bits per heavy atom. The van der Waals surface area contributed by atoms with Gasteiger partial charge in [0.2, 0.25) is 5.91 Å². The molecule has 0 aromatic carbocycles. The Balaban J connectivity index is 1.71. The van der Waals surface area contributed by atoms with Crippen molar-refractivity contribution < 1.29 is 13.6 Å². The van der Waals surface area contributed by atoms with E-state index >= 15 is 0 Å². The number of likely N-dealkylation sites (N-methyl/N-ethyl adjacent to an activating group) is 1. The molecule has 1 aliphatic rings. The first kappa shape index (κ1) is 13.9. The molecule has 0 spiro atoms. The van der Waals surface area contributed by atoms with Gasteiger partial charge < -0.3 is 19.1 Å². The van der Waals surface area contributed by atoms with E-state index in [0.717, 1.165) is 19.5 Å². The SMILES string of the molecule is Cc1oc(-c2ccco2)nc1CC(=O)N(C)C1CCNC1. The maximum absolute atomic E-state index is 12.3. The number of rotatable bonds is 4. The Hall–Kier alpha value is -2.08. The van der Waals surface area contributed by atoms with Crippen LogP contribution < -0.4 is 5.32 Å². The average Bonchev–Trinajstić information content (AvgIpc) is 3.20. The van der Waals surface area contributed by atoms with Crippen LogP contribution in [0.15, 0.2) is 27.2 Å². The van der Waals surface area contributed by atoms with E-state index in [1.807, 2.05) is 14.0 Å². The topological polar surface area (TPSA) is 71.5 Å². The molecule has 1 fully saturated rings. The molecule has 1 aliphatic heterocycles. The average molecular weight is 289 g/mol. The molecular formula is C15H19N3O3. The standard InChI is InChI=1S/C15H19N3O3/c1-10-12(17-15(21-10)13-4-3-7-20-13)8-14(19)18(2)11-5-6-16-9-11/h3-4,7,11,16H,5-6,8-9H2,1-2H3. The van der Waals surface area contributed by atoms with Crippen LogP contribution in [0, 0.1) is 6.92 Å². The van der Waals surface area contributed by atoms with E-state index in [-0.39, 0.29) is 18.4 Å². The number of carbonyl (C=O) groups is 1. The maximum Gasteiger partial charge on any atom is 0.263 e. The zero-order valence-electron chi connectivity index (χ0n) is 12.3. The predicted molar refractivity (Wildman–Crippen MR) is 76.7 cm³/mol. The van der Waals surface area contributed by atoms with E-state index in [1.54, 1.807) is 23.3 Å². The van der Waals surface area contributed by atoms with Gasteiger partial charge in [-0.2, -0.15) is 0 Å². The van der Waals surface area contributed by atoms with Crippen molar-refractivity contribution in [2.24, 2.45) is 0 Å². The van der Waals surface area contributed by atoms with Crippen molar-refractivity contribution in [2.45, 2.75) is 25.8 Å². The summed E-state index contributed by atoms with van der Waals surface area (Å²) >= 11 is 0. The zero-order valence-corrected chi connectivity index (χ0v) is 12.3. The van der Waals surface area contributed by atoms with Crippen molar-refractivity contribution in [1.82, 2.24) is 15.2 Å². The molecule has 2 aromatic heterocycles. The van der Waals surface area contributed by atoms with E-state index < -0.39 is 0 Å². The van der Waals surface area contributed by atoms with Gasteiger partial charge >= 0.3 is 0 Å². The van der Waals surface area contributed by atoms with Gasteiger partial charge in [0.1, 0.15) is 5.76 Å². The van der Waals surface area contributed by atoms with Crippen molar-refractivity contribution in [3.05, 3.63) is 29.9 Å². The molecule has 0 saturated carbocycles. The van der Waals surface area contributed by atoms with Crippen molar-refractivity contribution in [3.63, 3.8) is 0 Å². The largest absolute Gasteiger partial charge is 0.459 e. The fourth-order valence-corrected chi connectivity index (χ4v) is 2.54. The maximum atomic E-state index is 12.3. The molecule has 21 heavy (non-hydrogen) atoms. The number of hydrogen-bond acceptors (Lipinski definition) is 5. The Labute approximate surface area is 123 Å². The quantitative estimate of drug-likeness (QED) is 0.925. The van der Waals surface area contributed by atoms with Gasteiger partial charge in [0.25, 0.3) is 5.89 Å². The summed E-state index contributed by atoms with van der Waals surface area (Å²) in [6.45, 7) is 3.64. The first-order valence-electron chi connectivity index (χ1n) is 7.11. The summed E-state index contributed by atoms with van der Waals surface area (Å²) in [5.74, 6) is 1.72. The number of nitrogens with zero attached hydrogens (tertiary/aromatic N) is 2.